The van der Waals surface area contributed by atoms with Crippen molar-refractivity contribution in [3.8, 4) is 6.07 Å². The Morgan fingerprint density at radius 2 is 2.04 bits per heavy atom. The molecule has 2 aromatic rings. The molecular weight excluding hydrogens is 330 g/mol. The van der Waals surface area contributed by atoms with Crippen LogP contribution in [0.4, 0.5) is 0 Å². The topological polar surface area (TPSA) is 130 Å². The predicted molar refractivity (Wildman–Crippen MR) is 81.8 cm³/mol. The molecule has 1 aliphatic heterocycles. The summed E-state index contributed by atoms with van der Waals surface area (Å²) in [6.07, 6.45) is 3.09. The lowest BCUT2D eigenvalue weighted by molar-refractivity contribution is 0.0989. The fourth-order valence-corrected chi connectivity index (χ4v) is 3.79. The molecule has 0 saturated heterocycles. The van der Waals surface area contributed by atoms with Crippen molar-refractivity contribution >= 4 is 15.9 Å². The molecule has 0 aliphatic carbocycles. The zero-order valence-electron chi connectivity index (χ0n) is 12.4. The van der Waals surface area contributed by atoms with E-state index in [0.717, 1.165) is 0 Å². The molecule has 0 fully saturated rings. The Hall–Kier alpha value is -2.83. The fraction of sp³-hybridized carbons (Fsp3) is 0.200. The van der Waals surface area contributed by atoms with Gasteiger partial charge in [0, 0.05) is 12.1 Å². The molecule has 24 heavy (non-hydrogen) atoms. The Bertz CT molecular complexity index is 948. The van der Waals surface area contributed by atoms with E-state index in [1.54, 1.807) is 0 Å². The van der Waals surface area contributed by atoms with Crippen LogP contribution in [0.2, 0.25) is 0 Å². The number of carbonyl (C=O) groups is 1. The minimum atomic E-state index is -3.73. The number of hydrogen-bond donors (Lipinski definition) is 1. The smallest absolute Gasteiger partial charge is 0.286 e. The molecule has 1 amide bonds. The summed E-state index contributed by atoms with van der Waals surface area (Å²) >= 11 is 0. The third-order valence-corrected chi connectivity index (χ3v) is 5.52. The number of hydrogen-bond acceptors (Lipinski definition) is 6. The summed E-state index contributed by atoms with van der Waals surface area (Å²) in [5.41, 5.74) is 6.62. The molecule has 0 unspecified atom stereocenters. The number of benzene rings is 1. The number of primary amides is 1. The van der Waals surface area contributed by atoms with Gasteiger partial charge in [0.25, 0.3) is 5.91 Å². The van der Waals surface area contributed by atoms with Crippen LogP contribution >= 0.6 is 0 Å². The minimum absolute atomic E-state index is 0.0109. The first-order chi connectivity index (χ1) is 11.4. The predicted octanol–water partition coefficient (Wildman–Crippen LogP) is -0.00563. The molecule has 1 aromatic heterocycles. The van der Waals surface area contributed by atoms with Crippen LogP contribution in [0.1, 0.15) is 27.4 Å². The standard InChI is InChI=1S/C15H12N5O3S/c16-7-10-1-3-12(4-2-10)24(22,23)20-6-5-11-8-18-15(14(17)21)19-13(11)9-20/h1-4H,5-6,9H2,(H2,17,21). The third-order valence-electron chi connectivity index (χ3n) is 3.66. The summed E-state index contributed by atoms with van der Waals surface area (Å²) in [5, 5.41) is 8.79. The molecule has 0 spiro atoms. The van der Waals surface area contributed by atoms with Crippen LogP contribution in [0.15, 0.2) is 29.2 Å². The van der Waals surface area contributed by atoms with Crippen molar-refractivity contribution in [1.29, 1.82) is 5.26 Å². The second-order valence-corrected chi connectivity index (χ2v) is 7.11. The number of nitriles is 1. The van der Waals surface area contributed by atoms with Crippen LogP contribution in [0, 0.1) is 17.5 Å². The van der Waals surface area contributed by atoms with Crippen LogP contribution in [-0.2, 0) is 23.0 Å². The molecule has 8 nitrogen and oxygen atoms in total. The van der Waals surface area contributed by atoms with Gasteiger partial charge in [0.05, 0.1) is 35.0 Å². The van der Waals surface area contributed by atoms with Gasteiger partial charge < -0.3 is 5.73 Å². The van der Waals surface area contributed by atoms with Crippen LogP contribution in [0.3, 0.4) is 0 Å². The maximum absolute atomic E-state index is 12.7. The Morgan fingerprint density at radius 3 is 2.67 bits per heavy atom. The second-order valence-electron chi connectivity index (χ2n) is 5.17. The highest BCUT2D eigenvalue weighted by atomic mass is 32.2. The molecule has 9 heteroatoms. The number of aromatic nitrogens is 2. The Labute approximate surface area is 138 Å². The highest BCUT2D eigenvalue weighted by Gasteiger charge is 2.29. The van der Waals surface area contributed by atoms with Gasteiger partial charge in [-0.3, -0.25) is 4.79 Å². The van der Waals surface area contributed by atoms with Crippen molar-refractivity contribution in [2.75, 3.05) is 6.54 Å². The molecule has 0 saturated carbocycles. The lowest BCUT2D eigenvalue weighted by Gasteiger charge is -2.27. The van der Waals surface area contributed by atoms with E-state index in [2.05, 4.69) is 16.2 Å². The number of amides is 1. The Balaban J connectivity index is 1.92. The van der Waals surface area contributed by atoms with E-state index in [1.807, 2.05) is 6.07 Å². The second kappa shape index (κ2) is 5.99. The number of sulfonamides is 1. The lowest BCUT2D eigenvalue weighted by Crippen LogP contribution is -2.37. The average molecular weight is 342 g/mol. The van der Waals surface area contributed by atoms with Crippen molar-refractivity contribution in [2.24, 2.45) is 5.73 Å². The number of fused-ring (bicyclic) bond motifs is 1. The molecule has 0 atom stereocenters. The fourth-order valence-electron chi connectivity index (χ4n) is 2.38. The van der Waals surface area contributed by atoms with E-state index in [-0.39, 0.29) is 23.8 Å². The monoisotopic (exact) mass is 342 g/mol. The summed E-state index contributed by atoms with van der Waals surface area (Å²) in [7, 11) is -3.73. The number of rotatable bonds is 3. The molecule has 3 rings (SSSR count). The molecule has 1 aromatic carbocycles. The quantitative estimate of drug-likeness (QED) is 0.835. The third kappa shape index (κ3) is 2.84. The van der Waals surface area contributed by atoms with E-state index < -0.39 is 15.9 Å². The highest BCUT2D eigenvalue weighted by molar-refractivity contribution is 7.89. The number of nitrogens with two attached hydrogens (primary N) is 1. The summed E-state index contributed by atoms with van der Waals surface area (Å²) < 4.78 is 26.7. The molecule has 1 radical (unpaired) electrons. The van der Waals surface area contributed by atoms with Crippen LogP contribution in [0.5, 0.6) is 0 Å². The summed E-state index contributed by atoms with van der Waals surface area (Å²) in [4.78, 5) is 19.0. The Kier molecular flexibility index (Phi) is 4.01. The van der Waals surface area contributed by atoms with Crippen molar-refractivity contribution in [1.82, 2.24) is 14.3 Å². The average Bonchev–Trinajstić information content (AvgIpc) is 2.60. The van der Waals surface area contributed by atoms with Gasteiger partial charge in [-0.25, -0.2) is 18.4 Å². The van der Waals surface area contributed by atoms with Gasteiger partial charge >= 0.3 is 0 Å². The largest absolute Gasteiger partial charge is 0.363 e. The molecular formula is C15H12N5O3S. The number of nitrogens with zero attached hydrogens (tertiary/aromatic N) is 4. The van der Waals surface area contributed by atoms with Gasteiger partial charge in [-0.2, -0.15) is 9.57 Å². The van der Waals surface area contributed by atoms with Crippen molar-refractivity contribution in [2.45, 2.75) is 17.9 Å². The van der Waals surface area contributed by atoms with Gasteiger partial charge in [0.1, 0.15) is 0 Å². The van der Waals surface area contributed by atoms with Gasteiger partial charge in [-0.1, -0.05) is 0 Å². The zero-order chi connectivity index (χ0) is 17.3. The van der Waals surface area contributed by atoms with Gasteiger partial charge in [-0.05, 0) is 30.7 Å². The molecule has 0 bridgehead atoms. The van der Waals surface area contributed by atoms with Gasteiger partial charge in [0.15, 0.2) is 0 Å². The van der Waals surface area contributed by atoms with Crippen molar-refractivity contribution in [3.05, 3.63) is 53.1 Å². The van der Waals surface area contributed by atoms with Crippen molar-refractivity contribution < 1.29 is 13.2 Å². The van der Waals surface area contributed by atoms with Crippen LogP contribution < -0.4 is 5.73 Å². The van der Waals surface area contributed by atoms with Crippen LogP contribution in [-0.4, -0.2) is 35.1 Å². The summed E-state index contributed by atoms with van der Waals surface area (Å²) in [6, 6.07) is 7.63. The van der Waals surface area contributed by atoms with E-state index >= 15 is 0 Å². The maximum atomic E-state index is 12.7. The van der Waals surface area contributed by atoms with E-state index in [0.29, 0.717) is 23.2 Å². The highest BCUT2D eigenvalue weighted by Crippen LogP contribution is 2.23. The van der Waals surface area contributed by atoms with Crippen molar-refractivity contribution in [3.63, 3.8) is 0 Å². The lowest BCUT2D eigenvalue weighted by atomic mass is 10.1. The summed E-state index contributed by atoms with van der Waals surface area (Å²) in [5.74, 6) is -0.979. The SMILES string of the molecule is N#Cc1ccc(S(=O)(=O)N2CCc3[c]nc(C(N)=O)nc3C2)cc1. The molecule has 1 aliphatic rings. The minimum Gasteiger partial charge on any atom is -0.363 e. The number of carbonyl (C=O) groups excluding carboxylic acids is 1. The van der Waals surface area contributed by atoms with Gasteiger partial charge in [-0.15, -0.1) is 0 Å². The van der Waals surface area contributed by atoms with Crippen LogP contribution in [0.25, 0.3) is 0 Å². The van der Waals surface area contributed by atoms with E-state index in [1.165, 1.54) is 28.6 Å². The van der Waals surface area contributed by atoms with Gasteiger partial charge in [0.2, 0.25) is 15.8 Å². The molecule has 2 N–H and O–H groups in total. The van der Waals surface area contributed by atoms with E-state index in [9.17, 15) is 13.2 Å². The molecule has 2 heterocycles. The molecule has 121 valence electrons. The maximum Gasteiger partial charge on any atom is 0.286 e. The normalized spacial score (nSPS) is 14.6. The first-order valence-corrected chi connectivity index (χ1v) is 8.43. The first-order valence-electron chi connectivity index (χ1n) is 6.99. The Morgan fingerprint density at radius 1 is 1.33 bits per heavy atom. The summed E-state index contributed by atoms with van der Waals surface area (Å²) in [6.45, 7) is 0.266. The first kappa shape index (κ1) is 16.0. The zero-order valence-corrected chi connectivity index (χ0v) is 13.2. The van der Waals surface area contributed by atoms with E-state index in [4.69, 9.17) is 11.0 Å².